The number of carbonyl (C=O) groups is 1. The SMILES string of the molecule is CCCCN1C(=O)C(=c2sc3nc(-c4ccc(OCC)cc4)nn3c2=O)c2ccccc21. The predicted molar refractivity (Wildman–Crippen MR) is 125 cm³/mol. The van der Waals surface area contributed by atoms with Gasteiger partial charge in [0.15, 0.2) is 5.82 Å². The van der Waals surface area contributed by atoms with Crippen LogP contribution in [-0.2, 0) is 4.79 Å². The summed E-state index contributed by atoms with van der Waals surface area (Å²) >= 11 is 1.21. The maximum absolute atomic E-state index is 13.3. The van der Waals surface area contributed by atoms with E-state index >= 15 is 0 Å². The number of thiazole rings is 1. The fourth-order valence-electron chi connectivity index (χ4n) is 3.91. The van der Waals surface area contributed by atoms with Crippen LogP contribution in [0.4, 0.5) is 5.69 Å². The average Bonchev–Trinajstić information content (AvgIpc) is 3.44. The molecule has 0 saturated heterocycles. The molecule has 0 aliphatic carbocycles. The van der Waals surface area contributed by atoms with Crippen molar-refractivity contribution >= 4 is 33.5 Å². The molecule has 0 atom stereocenters. The number of ether oxygens (including phenoxy) is 1. The van der Waals surface area contributed by atoms with Crippen LogP contribution in [0.2, 0.25) is 0 Å². The van der Waals surface area contributed by atoms with Crippen molar-refractivity contribution in [3.8, 4) is 17.1 Å². The Labute approximate surface area is 188 Å². The molecule has 4 aromatic rings. The van der Waals surface area contributed by atoms with Gasteiger partial charge in [-0.05, 0) is 43.7 Å². The molecule has 3 heterocycles. The Morgan fingerprint density at radius 1 is 1.03 bits per heavy atom. The van der Waals surface area contributed by atoms with Crippen LogP contribution in [0, 0.1) is 0 Å². The van der Waals surface area contributed by atoms with E-state index in [-0.39, 0.29) is 11.5 Å². The van der Waals surface area contributed by atoms with E-state index < -0.39 is 0 Å². The summed E-state index contributed by atoms with van der Waals surface area (Å²) < 4.78 is 7.15. The van der Waals surface area contributed by atoms with Gasteiger partial charge in [0.25, 0.3) is 11.5 Å². The predicted octanol–water partition coefficient (Wildman–Crippen LogP) is 3.28. The van der Waals surface area contributed by atoms with Crippen molar-refractivity contribution in [1.29, 1.82) is 0 Å². The van der Waals surface area contributed by atoms with Gasteiger partial charge in [0.1, 0.15) is 10.3 Å². The first kappa shape index (κ1) is 20.4. The first-order chi connectivity index (χ1) is 15.6. The van der Waals surface area contributed by atoms with E-state index in [1.807, 2.05) is 55.5 Å². The third-order valence-corrected chi connectivity index (χ3v) is 6.50. The summed E-state index contributed by atoms with van der Waals surface area (Å²) in [5.74, 6) is 1.11. The quantitative estimate of drug-likeness (QED) is 0.454. The lowest BCUT2D eigenvalue weighted by molar-refractivity contribution is -0.113. The molecule has 0 radical (unpaired) electrons. The molecule has 0 unspecified atom stereocenters. The van der Waals surface area contributed by atoms with Crippen LogP contribution in [0.5, 0.6) is 5.75 Å². The van der Waals surface area contributed by atoms with Crippen molar-refractivity contribution in [2.75, 3.05) is 18.1 Å². The van der Waals surface area contributed by atoms with E-state index in [0.29, 0.717) is 34.0 Å². The van der Waals surface area contributed by atoms with Crippen LogP contribution >= 0.6 is 11.3 Å². The molecule has 1 amide bonds. The highest BCUT2D eigenvalue weighted by molar-refractivity contribution is 7.15. The molecule has 0 bridgehead atoms. The van der Waals surface area contributed by atoms with Crippen LogP contribution in [0.1, 0.15) is 32.3 Å². The van der Waals surface area contributed by atoms with Crippen LogP contribution in [-0.4, -0.2) is 33.7 Å². The van der Waals surface area contributed by atoms with Gasteiger partial charge in [0.05, 0.1) is 17.9 Å². The maximum atomic E-state index is 13.3. The Bertz CT molecular complexity index is 1420. The molecule has 0 N–H and O–H groups in total. The van der Waals surface area contributed by atoms with Crippen LogP contribution in [0.25, 0.3) is 21.9 Å². The van der Waals surface area contributed by atoms with E-state index in [1.54, 1.807) is 4.90 Å². The molecule has 2 aromatic heterocycles. The van der Waals surface area contributed by atoms with E-state index in [0.717, 1.165) is 35.4 Å². The normalized spacial score (nSPS) is 14.9. The van der Waals surface area contributed by atoms with Crippen LogP contribution in [0.15, 0.2) is 53.3 Å². The Kier molecular flexibility index (Phi) is 5.22. The van der Waals surface area contributed by atoms with Gasteiger partial charge < -0.3 is 9.64 Å². The molecule has 5 rings (SSSR count). The lowest BCUT2D eigenvalue weighted by Gasteiger charge is -2.16. The number of anilines is 1. The van der Waals surface area contributed by atoms with Gasteiger partial charge in [-0.25, -0.2) is 0 Å². The zero-order valence-electron chi connectivity index (χ0n) is 17.9. The monoisotopic (exact) mass is 446 g/mol. The van der Waals surface area contributed by atoms with Gasteiger partial charge in [0, 0.05) is 17.7 Å². The van der Waals surface area contributed by atoms with Gasteiger partial charge in [-0.15, -0.1) is 5.10 Å². The topological polar surface area (TPSA) is 76.8 Å². The minimum Gasteiger partial charge on any atom is -0.494 e. The van der Waals surface area contributed by atoms with Gasteiger partial charge in [-0.1, -0.05) is 42.9 Å². The second-order valence-electron chi connectivity index (χ2n) is 7.53. The summed E-state index contributed by atoms with van der Waals surface area (Å²) in [5.41, 5.74) is 2.58. The van der Waals surface area contributed by atoms with Crippen LogP contribution in [0.3, 0.4) is 0 Å². The van der Waals surface area contributed by atoms with Crippen molar-refractivity contribution in [1.82, 2.24) is 14.6 Å². The molecule has 2 aromatic carbocycles. The van der Waals surface area contributed by atoms with E-state index in [4.69, 9.17) is 4.74 Å². The highest BCUT2D eigenvalue weighted by atomic mass is 32.1. The molecular weight excluding hydrogens is 424 g/mol. The number of hydrogen-bond donors (Lipinski definition) is 0. The molecule has 32 heavy (non-hydrogen) atoms. The highest BCUT2D eigenvalue weighted by Crippen LogP contribution is 2.35. The van der Waals surface area contributed by atoms with E-state index in [2.05, 4.69) is 17.0 Å². The number of hydrogen-bond acceptors (Lipinski definition) is 6. The zero-order valence-corrected chi connectivity index (χ0v) is 18.7. The first-order valence-corrected chi connectivity index (χ1v) is 11.5. The molecule has 7 nitrogen and oxygen atoms in total. The largest absolute Gasteiger partial charge is 0.494 e. The van der Waals surface area contributed by atoms with Gasteiger partial charge >= 0.3 is 0 Å². The minimum atomic E-state index is -0.315. The van der Waals surface area contributed by atoms with Gasteiger partial charge in [0.2, 0.25) is 4.96 Å². The zero-order chi connectivity index (χ0) is 22.2. The van der Waals surface area contributed by atoms with Crippen molar-refractivity contribution < 1.29 is 9.53 Å². The van der Waals surface area contributed by atoms with Crippen molar-refractivity contribution in [3.63, 3.8) is 0 Å². The summed E-state index contributed by atoms with van der Waals surface area (Å²) in [5, 5.41) is 4.42. The lowest BCUT2D eigenvalue weighted by atomic mass is 10.1. The number of aromatic nitrogens is 3. The number of nitrogens with zero attached hydrogens (tertiary/aromatic N) is 4. The van der Waals surface area contributed by atoms with Crippen molar-refractivity contribution in [3.05, 3.63) is 69.0 Å². The number of benzene rings is 2. The number of fused-ring (bicyclic) bond motifs is 2. The second-order valence-corrected chi connectivity index (χ2v) is 8.50. The second kappa shape index (κ2) is 8.20. The Hall–Kier alpha value is -3.52. The van der Waals surface area contributed by atoms with Gasteiger partial charge in [-0.2, -0.15) is 9.50 Å². The molecule has 162 valence electrons. The number of unbranched alkanes of at least 4 members (excludes halogenated alkanes) is 1. The lowest BCUT2D eigenvalue weighted by Crippen LogP contribution is -2.33. The first-order valence-electron chi connectivity index (χ1n) is 10.7. The summed E-state index contributed by atoms with van der Waals surface area (Å²) in [6, 6.07) is 15.1. The van der Waals surface area contributed by atoms with Crippen LogP contribution < -0.4 is 19.7 Å². The number of rotatable bonds is 6. The number of para-hydroxylation sites is 1. The molecular formula is C24H22N4O3S. The smallest absolute Gasteiger partial charge is 0.291 e. The Balaban J connectivity index is 1.61. The summed E-state index contributed by atoms with van der Waals surface area (Å²) in [4.78, 5) is 33.3. The Morgan fingerprint density at radius 2 is 1.81 bits per heavy atom. The molecule has 0 saturated carbocycles. The summed E-state index contributed by atoms with van der Waals surface area (Å²) in [7, 11) is 0. The number of carbonyl (C=O) groups excluding carboxylic acids is 1. The third kappa shape index (κ3) is 3.27. The average molecular weight is 447 g/mol. The minimum absolute atomic E-state index is 0.131. The fraction of sp³-hybridized carbons (Fsp3) is 0.250. The molecule has 0 spiro atoms. The van der Waals surface area contributed by atoms with E-state index in [9.17, 15) is 9.59 Å². The van der Waals surface area contributed by atoms with Crippen molar-refractivity contribution in [2.45, 2.75) is 26.7 Å². The molecule has 1 aliphatic rings. The van der Waals surface area contributed by atoms with Crippen molar-refractivity contribution in [2.24, 2.45) is 0 Å². The maximum Gasteiger partial charge on any atom is 0.291 e. The molecule has 1 aliphatic heterocycles. The fourth-order valence-corrected chi connectivity index (χ4v) is 4.91. The van der Waals surface area contributed by atoms with E-state index in [1.165, 1.54) is 15.9 Å². The Morgan fingerprint density at radius 3 is 2.53 bits per heavy atom. The summed E-state index contributed by atoms with van der Waals surface area (Å²) in [6.45, 7) is 5.25. The van der Waals surface area contributed by atoms with Gasteiger partial charge in [-0.3, -0.25) is 9.59 Å². The number of amides is 1. The molecule has 8 heteroatoms. The standard InChI is InChI=1S/C24H22N4O3S/c1-3-5-14-27-18-9-7-6-8-17(18)19(22(27)29)20-23(30)28-24(32-20)25-21(26-28)15-10-12-16(13-11-15)31-4-2/h6-13H,3-5,14H2,1-2H3. The third-order valence-electron chi connectivity index (χ3n) is 5.47. The molecule has 0 fully saturated rings. The summed E-state index contributed by atoms with van der Waals surface area (Å²) in [6.07, 6.45) is 1.89. The highest BCUT2D eigenvalue weighted by Gasteiger charge is 2.33.